The van der Waals surface area contributed by atoms with E-state index in [-0.39, 0.29) is 40.4 Å². The van der Waals surface area contributed by atoms with Gasteiger partial charge >= 0.3 is 11.9 Å². The second-order valence-electron chi connectivity index (χ2n) is 7.95. The zero-order valence-electron chi connectivity index (χ0n) is 19.7. The number of nitrogens with one attached hydrogen (secondary N) is 1. The summed E-state index contributed by atoms with van der Waals surface area (Å²) in [6, 6.07) is 12.2. The average Bonchev–Trinajstić information content (AvgIpc) is 2.85. The van der Waals surface area contributed by atoms with Crippen molar-refractivity contribution in [2.24, 2.45) is 0 Å². The van der Waals surface area contributed by atoms with Crippen LogP contribution in [-0.4, -0.2) is 39.6 Å². The van der Waals surface area contributed by atoms with Gasteiger partial charge < -0.3 is 14.8 Å². The Morgan fingerprint density at radius 2 is 1.89 bits per heavy atom. The molecule has 1 heterocycles. The van der Waals surface area contributed by atoms with Crippen molar-refractivity contribution >= 4 is 35.0 Å². The zero-order valence-corrected chi connectivity index (χ0v) is 20.4. The van der Waals surface area contributed by atoms with Crippen molar-refractivity contribution < 1.29 is 24.0 Å². The topological polar surface area (TPSA) is 143 Å². The number of benzene rings is 2. The Hall–Kier alpha value is -4.25. The van der Waals surface area contributed by atoms with Crippen LogP contribution in [0.2, 0.25) is 5.15 Å². The summed E-state index contributed by atoms with van der Waals surface area (Å²) >= 11 is 6.43. The van der Waals surface area contributed by atoms with E-state index in [2.05, 4.69) is 15.0 Å². The predicted octanol–water partition coefficient (Wildman–Crippen LogP) is 3.82. The summed E-state index contributed by atoms with van der Waals surface area (Å²) < 4.78 is 11.0. The standard InChI is InChI=1S/C24H23ClN4O7/c1-14(2)26-22-23(31)28(12-19(30)36-13-15-7-5-4-6-8-15)20(21(25)27-22)16-9-17(24(32)35-3)11-18(10-16)29(33)34/h4-11,14H,12-13H2,1-3H3,(H,26,27). The monoisotopic (exact) mass is 514 g/mol. The SMILES string of the molecule is COC(=O)c1cc(-c2c(Cl)nc(NC(C)C)c(=O)n2CC(=O)OCc2ccccc2)cc([N+](=O)[O-])c1. The Morgan fingerprint density at radius 3 is 2.50 bits per heavy atom. The number of carbonyl (C=O) groups excluding carboxylic acids is 2. The van der Waals surface area contributed by atoms with Gasteiger partial charge in [-0.25, -0.2) is 9.78 Å². The van der Waals surface area contributed by atoms with Crippen LogP contribution >= 0.6 is 11.6 Å². The lowest BCUT2D eigenvalue weighted by atomic mass is 10.1. The van der Waals surface area contributed by atoms with Gasteiger partial charge in [0.15, 0.2) is 11.0 Å². The first-order valence-corrected chi connectivity index (χ1v) is 11.1. The number of ether oxygens (including phenoxy) is 2. The summed E-state index contributed by atoms with van der Waals surface area (Å²) in [6.45, 7) is 2.98. The molecule has 0 aliphatic heterocycles. The minimum atomic E-state index is -0.835. The number of nitro benzene ring substituents is 1. The minimum Gasteiger partial charge on any atom is -0.465 e. The number of hydrogen-bond acceptors (Lipinski definition) is 9. The Morgan fingerprint density at radius 1 is 1.19 bits per heavy atom. The summed E-state index contributed by atoms with van der Waals surface area (Å²) in [5, 5.41) is 14.2. The Balaban J connectivity index is 2.13. The fraction of sp³-hybridized carbons (Fsp3) is 0.250. The van der Waals surface area contributed by atoms with Crippen LogP contribution in [0.15, 0.2) is 53.3 Å². The van der Waals surface area contributed by atoms with Crippen molar-refractivity contribution in [2.45, 2.75) is 33.0 Å². The highest BCUT2D eigenvalue weighted by Crippen LogP contribution is 2.31. The number of anilines is 1. The number of aromatic nitrogens is 2. The highest BCUT2D eigenvalue weighted by atomic mass is 35.5. The summed E-state index contributed by atoms with van der Waals surface area (Å²) in [7, 11) is 1.13. The van der Waals surface area contributed by atoms with E-state index in [9.17, 15) is 24.5 Å². The first kappa shape index (κ1) is 26.4. The molecule has 0 amide bonds. The molecular formula is C24H23ClN4O7. The zero-order chi connectivity index (χ0) is 26.4. The molecule has 12 heteroatoms. The highest BCUT2D eigenvalue weighted by Gasteiger charge is 2.24. The maximum Gasteiger partial charge on any atom is 0.338 e. The molecule has 0 saturated heterocycles. The van der Waals surface area contributed by atoms with Crippen LogP contribution in [0.25, 0.3) is 11.3 Å². The normalized spacial score (nSPS) is 10.7. The fourth-order valence-corrected chi connectivity index (χ4v) is 3.63. The molecule has 0 aliphatic carbocycles. The molecule has 3 aromatic rings. The lowest BCUT2D eigenvalue weighted by Gasteiger charge is -2.17. The van der Waals surface area contributed by atoms with Gasteiger partial charge in [0.25, 0.3) is 11.2 Å². The largest absolute Gasteiger partial charge is 0.465 e. The van der Waals surface area contributed by atoms with Crippen molar-refractivity contribution in [2.75, 3.05) is 12.4 Å². The van der Waals surface area contributed by atoms with Crippen LogP contribution in [0.1, 0.15) is 29.8 Å². The van der Waals surface area contributed by atoms with Crippen LogP contribution in [-0.2, 0) is 27.4 Å². The molecule has 0 bridgehead atoms. The molecule has 2 aromatic carbocycles. The number of esters is 2. The summed E-state index contributed by atoms with van der Waals surface area (Å²) in [6.07, 6.45) is 0. The second kappa shape index (κ2) is 11.5. The predicted molar refractivity (Wildman–Crippen MR) is 132 cm³/mol. The van der Waals surface area contributed by atoms with Gasteiger partial charge in [0.05, 0.1) is 23.3 Å². The van der Waals surface area contributed by atoms with E-state index in [4.69, 9.17) is 16.3 Å². The number of carbonyl (C=O) groups is 2. The van der Waals surface area contributed by atoms with Crippen LogP contribution in [0.4, 0.5) is 11.5 Å². The maximum atomic E-state index is 13.3. The summed E-state index contributed by atoms with van der Waals surface area (Å²) in [4.78, 5) is 53.1. The molecule has 0 aliphatic rings. The van der Waals surface area contributed by atoms with Crippen molar-refractivity contribution in [3.05, 3.63) is 85.3 Å². The molecule has 0 saturated carbocycles. The molecular weight excluding hydrogens is 492 g/mol. The molecule has 0 fully saturated rings. The van der Waals surface area contributed by atoms with Crippen molar-refractivity contribution in [1.29, 1.82) is 0 Å². The smallest absolute Gasteiger partial charge is 0.338 e. The van der Waals surface area contributed by atoms with Gasteiger partial charge in [0.1, 0.15) is 13.2 Å². The van der Waals surface area contributed by atoms with E-state index < -0.39 is 34.7 Å². The number of methoxy groups -OCH3 is 1. The maximum absolute atomic E-state index is 13.3. The molecule has 1 N–H and O–H groups in total. The number of nitro groups is 1. The van der Waals surface area contributed by atoms with Gasteiger partial charge in [0.2, 0.25) is 0 Å². The van der Waals surface area contributed by atoms with Crippen molar-refractivity contribution in [3.8, 4) is 11.3 Å². The summed E-state index contributed by atoms with van der Waals surface area (Å²) in [5.41, 5.74) is -0.625. The number of nitrogens with zero attached hydrogens (tertiary/aromatic N) is 3. The van der Waals surface area contributed by atoms with E-state index in [1.54, 1.807) is 38.1 Å². The van der Waals surface area contributed by atoms with Crippen LogP contribution in [0, 0.1) is 10.1 Å². The second-order valence-corrected chi connectivity index (χ2v) is 8.31. The van der Waals surface area contributed by atoms with Gasteiger partial charge in [-0.05, 0) is 25.5 Å². The van der Waals surface area contributed by atoms with Gasteiger partial charge in [-0.2, -0.15) is 0 Å². The molecule has 1 aromatic heterocycles. The number of hydrogen-bond donors (Lipinski definition) is 1. The molecule has 11 nitrogen and oxygen atoms in total. The van der Waals surface area contributed by atoms with E-state index in [1.165, 1.54) is 6.07 Å². The van der Waals surface area contributed by atoms with Crippen LogP contribution in [0.3, 0.4) is 0 Å². The fourth-order valence-electron chi connectivity index (χ4n) is 3.33. The Labute approximate surface area is 210 Å². The van der Waals surface area contributed by atoms with E-state index in [0.29, 0.717) is 0 Å². The first-order valence-electron chi connectivity index (χ1n) is 10.7. The molecule has 188 valence electrons. The third-order valence-corrected chi connectivity index (χ3v) is 5.16. The Kier molecular flexibility index (Phi) is 8.38. The molecule has 0 radical (unpaired) electrons. The van der Waals surface area contributed by atoms with Gasteiger partial charge in [0, 0.05) is 23.7 Å². The van der Waals surface area contributed by atoms with Crippen molar-refractivity contribution in [1.82, 2.24) is 9.55 Å². The third-order valence-electron chi connectivity index (χ3n) is 4.90. The highest BCUT2D eigenvalue weighted by molar-refractivity contribution is 6.32. The molecule has 36 heavy (non-hydrogen) atoms. The number of rotatable bonds is 9. The number of non-ortho nitro benzene ring substituents is 1. The quantitative estimate of drug-likeness (QED) is 0.256. The molecule has 3 rings (SSSR count). The van der Waals surface area contributed by atoms with Gasteiger partial charge in [-0.1, -0.05) is 41.9 Å². The van der Waals surface area contributed by atoms with E-state index in [0.717, 1.165) is 29.4 Å². The molecule has 0 atom stereocenters. The summed E-state index contributed by atoms with van der Waals surface area (Å²) in [5.74, 6) is -1.70. The Bertz CT molecular complexity index is 1360. The van der Waals surface area contributed by atoms with E-state index >= 15 is 0 Å². The van der Waals surface area contributed by atoms with Crippen LogP contribution in [0.5, 0.6) is 0 Å². The first-order chi connectivity index (χ1) is 17.1. The lowest BCUT2D eigenvalue weighted by Crippen LogP contribution is -2.31. The molecule has 0 spiro atoms. The third kappa shape index (κ3) is 6.25. The van der Waals surface area contributed by atoms with E-state index in [1.807, 2.05) is 6.07 Å². The average molecular weight is 515 g/mol. The van der Waals surface area contributed by atoms with Crippen molar-refractivity contribution in [3.63, 3.8) is 0 Å². The minimum absolute atomic E-state index is 0.0196. The lowest BCUT2D eigenvalue weighted by molar-refractivity contribution is -0.384. The van der Waals surface area contributed by atoms with Crippen LogP contribution < -0.4 is 10.9 Å². The number of halogens is 1. The molecule has 0 unspecified atom stereocenters. The van der Waals surface area contributed by atoms with Gasteiger partial charge in [-0.15, -0.1) is 0 Å². The van der Waals surface area contributed by atoms with Gasteiger partial charge in [-0.3, -0.25) is 24.3 Å².